The SMILES string of the molecule is NC1CCCn2c(-c3cccc(F)c3)nc(C(=O)O)c21. The number of fused-ring (bicyclic) bond motifs is 1. The lowest BCUT2D eigenvalue weighted by Crippen LogP contribution is -2.23. The number of carbonyl (C=O) groups is 1. The van der Waals surface area contributed by atoms with Crippen LogP contribution in [0.2, 0.25) is 0 Å². The minimum atomic E-state index is -1.10. The van der Waals surface area contributed by atoms with Crippen molar-refractivity contribution < 1.29 is 14.3 Å². The number of rotatable bonds is 2. The molecule has 6 heteroatoms. The molecule has 2 aromatic rings. The zero-order valence-electron chi connectivity index (χ0n) is 10.7. The molecule has 0 bridgehead atoms. The molecule has 0 radical (unpaired) electrons. The van der Waals surface area contributed by atoms with Crippen LogP contribution in [0.4, 0.5) is 4.39 Å². The van der Waals surface area contributed by atoms with E-state index in [4.69, 9.17) is 5.73 Å². The molecule has 104 valence electrons. The molecule has 20 heavy (non-hydrogen) atoms. The Kier molecular flexibility index (Phi) is 3.02. The number of carboxylic acid groups (broad SMARTS) is 1. The molecule has 0 fully saturated rings. The van der Waals surface area contributed by atoms with Crippen LogP contribution in [0.25, 0.3) is 11.4 Å². The van der Waals surface area contributed by atoms with E-state index in [1.54, 1.807) is 16.7 Å². The van der Waals surface area contributed by atoms with Crippen LogP contribution >= 0.6 is 0 Å². The third-order valence-corrected chi connectivity index (χ3v) is 3.54. The fourth-order valence-electron chi connectivity index (χ4n) is 2.68. The second kappa shape index (κ2) is 4.72. The second-order valence-electron chi connectivity index (χ2n) is 4.89. The summed E-state index contributed by atoms with van der Waals surface area (Å²) in [6.45, 7) is 0.648. The van der Waals surface area contributed by atoms with Crippen LogP contribution in [0.15, 0.2) is 24.3 Å². The van der Waals surface area contributed by atoms with Crippen LogP contribution in [0.1, 0.15) is 35.1 Å². The van der Waals surface area contributed by atoms with Crippen molar-refractivity contribution in [3.05, 3.63) is 41.5 Å². The average Bonchev–Trinajstić information content (AvgIpc) is 2.80. The third-order valence-electron chi connectivity index (χ3n) is 3.54. The molecule has 1 aliphatic heterocycles. The van der Waals surface area contributed by atoms with Crippen molar-refractivity contribution in [2.24, 2.45) is 5.73 Å². The van der Waals surface area contributed by atoms with Gasteiger partial charge in [-0.05, 0) is 25.0 Å². The molecular weight excluding hydrogens is 261 g/mol. The molecule has 1 aromatic heterocycles. The summed E-state index contributed by atoms with van der Waals surface area (Å²) in [5.74, 6) is -1.02. The Hall–Kier alpha value is -2.21. The minimum Gasteiger partial charge on any atom is -0.476 e. The number of halogens is 1. The quantitative estimate of drug-likeness (QED) is 0.880. The van der Waals surface area contributed by atoms with Crippen LogP contribution in [-0.4, -0.2) is 20.6 Å². The maximum atomic E-state index is 13.3. The molecule has 0 spiro atoms. The highest BCUT2D eigenvalue weighted by atomic mass is 19.1. The van der Waals surface area contributed by atoms with Gasteiger partial charge in [0.2, 0.25) is 0 Å². The number of nitrogens with two attached hydrogens (primary N) is 1. The topological polar surface area (TPSA) is 81.1 Å². The van der Waals surface area contributed by atoms with Gasteiger partial charge in [-0.25, -0.2) is 14.2 Å². The van der Waals surface area contributed by atoms with Crippen molar-refractivity contribution in [1.29, 1.82) is 0 Å². The Morgan fingerprint density at radius 3 is 3.00 bits per heavy atom. The molecule has 1 unspecified atom stereocenters. The Morgan fingerprint density at radius 1 is 1.50 bits per heavy atom. The largest absolute Gasteiger partial charge is 0.476 e. The number of aromatic carboxylic acids is 1. The molecule has 3 rings (SSSR count). The number of imidazole rings is 1. The van der Waals surface area contributed by atoms with Crippen LogP contribution in [0, 0.1) is 5.82 Å². The summed E-state index contributed by atoms with van der Waals surface area (Å²) in [7, 11) is 0. The van der Waals surface area contributed by atoms with E-state index >= 15 is 0 Å². The highest BCUT2D eigenvalue weighted by Gasteiger charge is 2.29. The highest BCUT2D eigenvalue weighted by Crippen LogP contribution is 2.32. The van der Waals surface area contributed by atoms with Gasteiger partial charge in [-0.3, -0.25) is 0 Å². The monoisotopic (exact) mass is 275 g/mol. The van der Waals surface area contributed by atoms with E-state index in [2.05, 4.69) is 4.98 Å². The highest BCUT2D eigenvalue weighted by molar-refractivity contribution is 5.88. The summed E-state index contributed by atoms with van der Waals surface area (Å²) >= 11 is 0. The number of carboxylic acids is 1. The second-order valence-corrected chi connectivity index (χ2v) is 4.89. The Morgan fingerprint density at radius 2 is 2.30 bits per heavy atom. The Balaban J connectivity index is 2.22. The number of benzene rings is 1. The maximum absolute atomic E-state index is 13.3. The molecule has 3 N–H and O–H groups in total. The third kappa shape index (κ3) is 1.98. The van der Waals surface area contributed by atoms with E-state index in [-0.39, 0.29) is 17.6 Å². The van der Waals surface area contributed by atoms with Crippen LogP contribution in [-0.2, 0) is 6.54 Å². The Bertz CT molecular complexity index is 681. The van der Waals surface area contributed by atoms with Crippen molar-refractivity contribution in [3.63, 3.8) is 0 Å². The van der Waals surface area contributed by atoms with E-state index in [0.29, 0.717) is 23.6 Å². The van der Waals surface area contributed by atoms with Crippen LogP contribution < -0.4 is 5.73 Å². The molecule has 0 aliphatic carbocycles. The Labute approximate surface area is 114 Å². The van der Waals surface area contributed by atoms with Crippen molar-refractivity contribution in [2.45, 2.75) is 25.4 Å². The number of aromatic nitrogens is 2. The average molecular weight is 275 g/mol. The van der Waals surface area contributed by atoms with E-state index < -0.39 is 5.97 Å². The smallest absolute Gasteiger partial charge is 0.356 e. The fraction of sp³-hybridized carbons (Fsp3) is 0.286. The summed E-state index contributed by atoms with van der Waals surface area (Å²) in [4.78, 5) is 15.5. The molecular formula is C14H14FN3O2. The van der Waals surface area contributed by atoms with Gasteiger partial charge in [-0.15, -0.1) is 0 Å². The molecule has 0 saturated carbocycles. The number of hydrogen-bond acceptors (Lipinski definition) is 3. The summed E-state index contributed by atoms with van der Waals surface area (Å²) in [5, 5.41) is 9.27. The van der Waals surface area contributed by atoms with Gasteiger partial charge in [0.1, 0.15) is 11.6 Å². The predicted molar refractivity (Wildman–Crippen MR) is 70.7 cm³/mol. The molecule has 0 saturated heterocycles. The molecule has 1 aliphatic rings. The zero-order valence-corrected chi connectivity index (χ0v) is 10.7. The number of hydrogen-bond donors (Lipinski definition) is 2. The standard InChI is InChI=1S/C14H14FN3O2/c15-9-4-1-3-8(7-9)13-17-11(14(19)20)12-10(16)5-2-6-18(12)13/h1,3-4,7,10H,2,5-6,16H2,(H,19,20). The lowest BCUT2D eigenvalue weighted by molar-refractivity contribution is 0.0688. The summed E-state index contributed by atoms with van der Waals surface area (Å²) in [5.41, 5.74) is 7.07. The first-order chi connectivity index (χ1) is 9.58. The van der Waals surface area contributed by atoms with Crippen molar-refractivity contribution in [3.8, 4) is 11.4 Å². The van der Waals surface area contributed by atoms with Crippen molar-refractivity contribution in [2.75, 3.05) is 0 Å². The van der Waals surface area contributed by atoms with Crippen LogP contribution in [0.5, 0.6) is 0 Å². The summed E-state index contributed by atoms with van der Waals surface area (Å²) in [6.07, 6.45) is 1.58. The minimum absolute atomic E-state index is 0.0311. The van der Waals surface area contributed by atoms with Gasteiger partial charge in [-0.1, -0.05) is 12.1 Å². The molecule has 5 nitrogen and oxygen atoms in total. The van der Waals surface area contributed by atoms with E-state index in [1.807, 2.05) is 0 Å². The first-order valence-corrected chi connectivity index (χ1v) is 6.43. The summed E-state index contributed by atoms with van der Waals surface area (Å²) < 4.78 is 15.1. The van der Waals surface area contributed by atoms with Crippen LogP contribution in [0.3, 0.4) is 0 Å². The fourth-order valence-corrected chi connectivity index (χ4v) is 2.68. The summed E-state index contributed by atoms with van der Waals surface area (Å²) in [6, 6.07) is 5.64. The molecule has 1 aromatic carbocycles. The van der Waals surface area contributed by atoms with Gasteiger partial charge in [-0.2, -0.15) is 0 Å². The normalized spacial score (nSPS) is 17.8. The lowest BCUT2D eigenvalue weighted by Gasteiger charge is -2.22. The van der Waals surface area contributed by atoms with Gasteiger partial charge in [0, 0.05) is 18.2 Å². The van der Waals surface area contributed by atoms with Gasteiger partial charge in [0.15, 0.2) is 5.69 Å². The predicted octanol–water partition coefficient (Wildman–Crippen LogP) is 2.18. The first kappa shape index (κ1) is 12.8. The van der Waals surface area contributed by atoms with Crippen molar-refractivity contribution >= 4 is 5.97 Å². The zero-order chi connectivity index (χ0) is 14.3. The van der Waals surface area contributed by atoms with Gasteiger partial charge >= 0.3 is 5.97 Å². The maximum Gasteiger partial charge on any atom is 0.356 e. The lowest BCUT2D eigenvalue weighted by atomic mass is 10.0. The molecule has 0 amide bonds. The van der Waals surface area contributed by atoms with E-state index in [0.717, 1.165) is 12.8 Å². The number of nitrogens with zero attached hydrogens (tertiary/aromatic N) is 2. The van der Waals surface area contributed by atoms with E-state index in [1.165, 1.54) is 12.1 Å². The first-order valence-electron chi connectivity index (χ1n) is 6.43. The van der Waals surface area contributed by atoms with Crippen molar-refractivity contribution in [1.82, 2.24) is 9.55 Å². The van der Waals surface area contributed by atoms with Gasteiger partial charge < -0.3 is 15.4 Å². The van der Waals surface area contributed by atoms with E-state index in [9.17, 15) is 14.3 Å². The van der Waals surface area contributed by atoms with Gasteiger partial charge in [0.05, 0.1) is 5.69 Å². The molecule has 1 atom stereocenters. The van der Waals surface area contributed by atoms with Gasteiger partial charge in [0.25, 0.3) is 0 Å². The molecule has 2 heterocycles.